The van der Waals surface area contributed by atoms with E-state index in [-0.39, 0.29) is 5.91 Å². The molecule has 1 N–H and O–H groups in total. The third-order valence-corrected chi connectivity index (χ3v) is 5.56. The number of sulfonamides is 1. The van der Waals surface area contributed by atoms with Crippen LogP contribution in [0, 0.1) is 0 Å². The zero-order valence-electron chi connectivity index (χ0n) is 14.8. The Morgan fingerprint density at radius 3 is 2.52 bits per heavy atom. The van der Waals surface area contributed by atoms with Crippen LogP contribution in [0.1, 0.15) is 18.0 Å². The molecule has 1 aromatic rings. The maximum absolute atomic E-state index is 12.6. The van der Waals surface area contributed by atoms with Gasteiger partial charge >= 0.3 is 0 Å². The van der Waals surface area contributed by atoms with Gasteiger partial charge in [0.2, 0.25) is 15.9 Å². The molecule has 7 nitrogen and oxygen atoms in total. The molecule has 2 rings (SSSR count). The molecule has 1 unspecified atom stereocenters. The van der Waals surface area contributed by atoms with E-state index in [4.69, 9.17) is 4.74 Å². The lowest BCUT2D eigenvalue weighted by molar-refractivity contribution is -0.124. The molecule has 0 aliphatic carbocycles. The second-order valence-electron chi connectivity index (χ2n) is 6.19. The lowest BCUT2D eigenvalue weighted by Gasteiger charge is -2.27. The Balaban J connectivity index is 1.93. The first-order valence-electron chi connectivity index (χ1n) is 8.45. The van der Waals surface area contributed by atoms with E-state index >= 15 is 0 Å². The molecule has 1 fully saturated rings. The van der Waals surface area contributed by atoms with Gasteiger partial charge in [-0.05, 0) is 18.5 Å². The van der Waals surface area contributed by atoms with E-state index in [2.05, 4.69) is 10.2 Å². The molecule has 0 aromatic heterocycles. The van der Waals surface area contributed by atoms with Crippen LogP contribution in [0.3, 0.4) is 0 Å². The molecular formula is C17H27N3O4S. The van der Waals surface area contributed by atoms with Crippen LogP contribution < -0.4 is 5.32 Å². The van der Waals surface area contributed by atoms with Gasteiger partial charge in [0, 0.05) is 26.7 Å². The number of hydrogen-bond acceptors (Lipinski definition) is 5. The summed E-state index contributed by atoms with van der Waals surface area (Å²) in [4.78, 5) is 14.9. The van der Waals surface area contributed by atoms with Crippen molar-refractivity contribution in [1.29, 1.82) is 0 Å². The summed E-state index contributed by atoms with van der Waals surface area (Å²) in [5.74, 6) is -0.305. The van der Waals surface area contributed by atoms with Gasteiger partial charge < -0.3 is 10.1 Å². The number of likely N-dealkylation sites (N-methyl/N-ethyl adjacent to an activating group) is 1. The lowest BCUT2D eigenvalue weighted by Crippen LogP contribution is -2.42. The van der Waals surface area contributed by atoms with Gasteiger partial charge in [-0.15, -0.1) is 0 Å². The van der Waals surface area contributed by atoms with E-state index in [1.807, 2.05) is 6.07 Å². The first-order valence-corrected chi connectivity index (χ1v) is 10.3. The van der Waals surface area contributed by atoms with Gasteiger partial charge in [-0.1, -0.05) is 30.3 Å². The largest absolute Gasteiger partial charge is 0.379 e. The standard InChI is InChI=1S/C17H27N3O4S/c1-19(25(2,22)23)16(15-7-4-3-5-8-15)17(21)18-9-6-10-20-11-13-24-14-12-20/h3-5,7-8,16H,6,9-14H2,1-2H3,(H,18,21). The van der Waals surface area contributed by atoms with E-state index in [0.717, 1.165) is 49.8 Å². The minimum Gasteiger partial charge on any atom is -0.379 e. The Bertz CT molecular complexity index is 645. The molecule has 0 radical (unpaired) electrons. The molecule has 0 spiro atoms. The molecule has 1 aromatic carbocycles. The van der Waals surface area contributed by atoms with Crippen molar-refractivity contribution in [2.24, 2.45) is 0 Å². The molecule has 8 heteroatoms. The van der Waals surface area contributed by atoms with Gasteiger partial charge in [0.15, 0.2) is 0 Å². The zero-order valence-corrected chi connectivity index (χ0v) is 15.7. The van der Waals surface area contributed by atoms with Crippen LogP contribution >= 0.6 is 0 Å². The third-order valence-electron chi connectivity index (χ3n) is 4.30. The van der Waals surface area contributed by atoms with Crippen molar-refractivity contribution in [3.05, 3.63) is 35.9 Å². The average molecular weight is 369 g/mol. The quantitative estimate of drug-likeness (QED) is 0.674. The van der Waals surface area contributed by atoms with Crippen LogP contribution in [0.4, 0.5) is 0 Å². The molecule has 0 saturated carbocycles. The second kappa shape index (κ2) is 9.28. The highest BCUT2D eigenvalue weighted by atomic mass is 32.2. The SMILES string of the molecule is CN(C(C(=O)NCCCN1CCOCC1)c1ccccc1)S(C)(=O)=O. The van der Waals surface area contributed by atoms with Crippen molar-refractivity contribution in [3.63, 3.8) is 0 Å². The Hall–Kier alpha value is -1.48. The number of benzene rings is 1. The molecular weight excluding hydrogens is 342 g/mol. The smallest absolute Gasteiger partial charge is 0.242 e. The highest BCUT2D eigenvalue weighted by Gasteiger charge is 2.30. The highest BCUT2D eigenvalue weighted by molar-refractivity contribution is 7.88. The molecule has 1 aliphatic rings. The van der Waals surface area contributed by atoms with E-state index in [9.17, 15) is 13.2 Å². The predicted molar refractivity (Wildman–Crippen MR) is 96.7 cm³/mol. The highest BCUT2D eigenvalue weighted by Crippen LogP contribution is 2.21. The summed E-state index contributed by atoms with van der Waals surface area (Å²) in [5.41, 5.74) is 0.654. The van der Waals surface area contributed by atoms with Crippen molar-refractivity contribution >= 4 is 15.9 Å². The minimum atomic E-state index is -3.49. The molecule has 140 valence electrons. The normalized spacial score (nSPS) is 17.4. The summed E-state index contributed by atoms with van der Waals surface area (Å²) in [6, 6.07) is 8.09. The molecule has 1 atom stereocenters. The number of ether oxygens (including phenoxy) is 1. The van der Waals surface area contributed by atoms with E-state index in [0.29, 0.717) is 12.1 Å². The Morgan fingerprint density at radius 1 is 1.28 bits per heavy atom. The van der Waals surface area contributed by atoms with Crippen LogP contribution in [0.15, 0.2) is 30.3 Å². The summed E-state index contributed by atoms with van der Waals surface area (Å²) >= 11 is 0. The van der Waals surface area contributed by atoms with Gasteiger partial charge in [0.05, 0.1) is 19.5 Å². The molecule has 1 amide bonds. The number of morpholine rings is 1. The lowest BCUT2D eigenvalue weighted by atomic mass is 10.1. The van der Waals surface area contributed by atoms with Gasteiger partial charge in [-0.25, -0.2) is 8.42 Å². The molecule has 1 saturated heterocycles. The Kier molecular flexibility index (Phi) is 7.37. The monoisotopic (exact) mass is 369 g/mol. The topological polar surface area (TPSA) is 79.0 Å². The maximum Gasteiger partial charge on any atom is 0.242 e. The first kappa shape index (κ1) is 19.8. The summed E-state index contributed by atoms with van der Waals surface area (Å²) in [7, 11) is -2.06. The Morgan fingerprint density at radius 2 is 1.92 bits per heavy atom. The third kappa shape index (κ3) is 6.07. The summed E-state index contributed by atoms with van der Waals surface area (Å²) in [6.07, 6.45) is 1.92. The first-order chi connectivity index (χ1) is 11.9. The van der Waals surface area contributed by atoms with Gasteiger partial charge in [0.25, 0.3) is 0 Å². The Labute approximate surface area is 150 Å². The van der Waals surface area contributed by atoms with Crippen LogP contribution in [0.5, 0.6) is 0 Å². The number of carbonyl (C=O) groups is 1. The number of nitrogens with one attached hydrogen (secondary N) is 1. The van der Waals surface area contributed by atoms with Crippen LogP contribution in [-0.2, 0) is 19.6 Å². The van der Waals surface area contributed by atoms with Gasteiger partial charge in [-0.3, -0.25) is 9.69 Å². The number of amides is 1. The summed E-state index contributed by atoms with van der Waals surface area (Å²) in [5, 5.41) is 2.87. The van der Waals surface area contributed by atoms with Crippen molar-refractivity contribution in [2.45, 2.75) is 12.5 Å². The van der Waals surface area contributed by atoms with Crippen molar-refractivity contribution < 1.29 is 17.9 Å². The zero-order chi connectivity index (χ0) is 18.3. The van der Waals surface area contributed by atoms with E-state index in [1.54, 1.807) is 24.3 Å². The van der Waals surface area contributed by atoms with Crippen molar-refractivity contribution in [3.8, 4) is 0 Å². The average Bonchev–Trinajstić information content (AvgIpc) is 2.60. The van der Waals surface area contributed by atoms with Crippen molar-refractivity contribution in [2.75, 3.05) is 52.7 Å². The van der Waals surface area contributed by atoms with Crippen LogP contribution in [0.2, 0.25) is 0 Å². The number of hydrogen-bond donors (Lipinski definition) is 1. The number of carbonyl (C=O) groups excluding carboxylic acids is 1. The molecule has 0 bridgehead atoms. The van der Waals surface area contributed by atoms with E-state index in [1.165, 1.54) is 7.05 Å². The fourth-order valence-electron chi connectivity index (χ4n) is 2.79. The van der Waals surface area contributed by atoms with Crippen LogP contribution in [-0.4, -0.2) is 76.2 Å². The number of nitrogens with zero attached hydrogens (tertiary/aromatic N) is 2. The summed E-state index contributed by atoms with van der Waals surface area (Å²) in [6.45, 7) is 4.73. The second-order valence-corrected chi connectivity index (χ2v) is 8.23. The summed E-state index contributed by atoms with van der Waals surface area (Å²) < 4.78 is 30.2. The fraction of sp³-hybridized carbons (Fsp3) is 0.588. The fourth-order valence-corrected chi connectivity index (χ4v) is 3.39. The maximum atomic E-state index is 12.6. The molecule has 25 heavy (non-hydrogen) atoms. The minimum absolute atomic E-state index is 0.305. The molecule has 1 heterocycles. The van der Waals surface area contributed by atoms with Gasteiger partial charge in [-0.2, -0.15) is 4.31 Å². The van der Waals surface area contributed by atoms with Crippen molar-refractivity contribution in [1.82, 2.24) is 14.5 Å². The predicted octanol–water partition coefficient (Wildman–Crippen LogP) is 0.458. The van der Waals surface area contributed by atoms with Gasteiger partial charge in [0.1, 0.15) is 6.04 Å². The van der Waals surface area contributed by atoms with Crippen LogP contribution in [0.25, 0.3) is 0 Å². The van der Waals surface area contributed by atoms with E-state index < -0.39 is 16.1 Å². The molecule has 1 aliphatic heterocycles. The number of rotatable bonds is 8.